The molecule has 0 fully saturated rings. The van der Waals surface area contributed by atoms with Crippen LogP contribution in [-0.2, 0) is 0 Å². The van der Waals surface area contributed by atoms with E-state index >= 15 is 0 Å². The van der Waals surface area contributed by atoms with Gasteiger partial charge in [0.05, 0.1) is 6.21 Å². The lowest BCUT2D eigenvalue weighted by Gasteiger charge is -2.09. The van der Waals surface area contributed by atoms with Crippen molar-refractivity contribution in [1.82, 2.24) is 5.43 Å². The molecule has 2 N–H and O–H groups in total. The predicted octanol–water partition coefficient (Wildman–Crippen LogP) is 4.24. The van der Waals surface area contributed by atoms with E-state index in [-0.39, 0.29) is 0 Å². The highest BCUT2D eigenvalue weighted by molar-refractivity contribution is 7.80. The number of hydrazone groups is 1. The molecule has 0 spiro atoms. The number of benzene rings is 2. The fourth-order valence-electron chi connectivity index (χ4n) is 2.43. The van der Waals surface area contributed by atoms with E-state index in [1.54, 1.807) is 0 Å². The van der Waals surface area contributed by atoms with E-state index in [4.69, 9.17) is 12.2 Å². The fraction of sp³-hybridized carbons (Fsp3) is 0.222. The molecule has 0 amide bonds. The summed E-state index contributed by atoms with van der Waals surface area (Å²) in [6, 6.07) is 12.3. The van der Waals surface area contributed by atoms with Gasteiger partial charge in [0.1, 0.15) is 0 Å². The molecule has 0 unspecified atom stereocenters. The topological polar surface area (TPSA) is 36.4 Å². The van der Waals surface area contributed by atoms with E-state index in [2.05, 4.69) is 48.7 Å². The van der Waals surface area contributed by atoms with Gasteiger partial charge in [0.15, 0.2) is 5.11 Å². The lowest BCUT2D eigenvalue weighted by Crippen LogP contribution is -2.23. The quantitative estimate of drug-likeness (QED) is 0.506. The van der Waals surface area contributed by atoms with Gasteiger partial charge in [-0.25, -0.2) is 0 Å². The van der Waals surface area contributed by atoms with Gasteiger partial charge in [0.25, 0.3) is 0 Å². The second-order valence-electron chi connectivity index (χ2n) is 5.51. The molecule has 0 saturated carbocycles. The van der Waals surface area contributed by atoms with Crippen molar-refractivity contribution in [2.45, 2.75) is 27.7 Å². The first-order chi connectivity index (χ1) is 10.5. The van der Waals surface area contributed by atoms with E-state index in [1.807, 2.05) is 37.4 Å². The second-order valence-corrected chi connectivity index (χ2v) is 5.91. The maximum Gasteiger partial charge on any atom is 0.191 e. The molecule has 0 heterocycles. The summed E-state index contributed by atoms with van der Waals surface area (Å²) in [4.78, 5) is 0. The van der Waals surface area contributed by atoms with E-state index in [1.165, 1.54) is 22.3 Å². The van der Waals surface area contributed by atoms with Gasteiger partial charge < -0.3 is 5.32 Å². The maximum atomic E-state index is 5.25. The summed E-state index contributed by atoms with van der Waals surface area (Å²) < 4.78 is 0. The first kappa shape index (κ1) is 16.2. The van der Waals surface area contributed by atoms with Crippen LogP contribution in [0.4, 0.5) is 5.69 Å². The molecule has 22 heavy (non-hydrogen) atoms. The Morgan fingerprint density at radius 1 is 1.00 bits per heavy atom. The molecule has 0 aromatic heterocycles. The van der Waals surface area contributed by atoms with Crippen molar-refractivity contribution in [3.63, 3.8) is 0 Å². The van der Waals surface area contributed by atoms with Crippen LogP contribution in [-0.4, -0.2) is 11.3 Å². The molecule has 0 bridgehead atoms. The Morgan fingerprint density at radius 2 is 1.68 bits per heavy atom. The Morgan fingerprint density at radius 3 is 2.32 bits per heavy atom. The lowest BCUT2D eigenvalue weighted by atomic mass is 10.0. The van der Waals surface area contributed by atoms with Crippen LogP contribution in [0.2, 0.25) is 0 Å². The number of aryl methyl sites for hydroxylation is 4. The molecule has 114 valence electrons. The highest BCUT2D eigenvalue weighted by atomic mass is 32.1. The van der Waals surface area contributed by atoms with Gasteiger partial charge in [-0.1, -0.05) is 29.8 Å². The highest BCUT2D eigenvalue weighted by Gasteiger charge is 2.01. The molecule has 0 aliphatic heterocycles. The van der Waals surface area contributed by atoms with Crippen LogP contribution in [0.3, 0.4) is 0 Å². The summed E-state index contributed by atoms with van der Waals surface area (Å²) in [7, 11) is 0. The van der Waals surface area contributed by atoms with Crippen LogP contribution in [0, 0.1) is 27.7 Å². The summed E-state index contributed by atoms with van der Waals surface area (Å²) in [6.45, 7) is 8.32. The van der Waals surface area contributed by atoms with Crippen LogP contribution < -0.4 is 10.7 Å². The van der Waals surface area contributed by atoms with Crippen molar-refractivity contribution < 1.29 is 0 Å². The number of hydrogen-bond acceptors (Lipinski definition) is 2. The molecule has 3 nitrogen and oxygen atoms in total. The fourth-order valence-corrected chi connectivity index (χ4v) is 2.60. The third kappa shape index (κ3) is 4.40. The lowest BCUT2D eigenvalue weighted by molar-refractivity contribution is 1.05. The summed E-state index contributed by atoms with van der Waals surface area (Å²) in [5, 5.41) is 7.82. The third-order valence-electron chi connectivity index (χ3n) is 3.37. The summed E-state index contributed by atoms with van der Waals surface area (Å²) in [5.41, 5.74) is 9.79. The van der Waals surface area contributed by atoms with Gasteiger partial charge in [-0.05, 0) is 68.7 Å². The van der Waals surface area contributed by atoms with Gasteiger partial charge in [-0.3, -0.25) is 5.43 Å². The van der Waals surface area contributed by atoms with Crippen molar-refractivity contribution in [3.05, 3.63) is 64.2 Å². The van der Waals surface area contributed by atoms with Gasteiger partial charge in [-0.2, -0.15) is 5.10 Å². The Kier molecular flexibility index (Phi) is 5.28. The number of nitrogens with one attached hydrogen (secondary N) is 2. The van der Waals surface area contributed by atoms with Gasteiger partial charge >= 0.3 is 0 Å². The first-order valence-corrected chi connectivity index (χ1v) is 7.61. The minimum Gasteiger partial charge on any atom is -0.331 e. The molecule has 2 rings (SSSR count). The first-order valence-electron chi connectivity index (χ1n) is 7.20. The van der Waals surface area contributed by atoms with Crippen LogP contribution in [0.5, 0.6) is 0 Å². The largest absolute Gasteiger partial charge is 0.331 e. The Bertz CT molecular complexity index is 697. The molecule has 2 aromatic carbocycles. The van der Waals surface area contributed by atoms with E-state index in [0.29, 0.717) is 5.11 Å². The van der Waals surface area contributed by atoms with Crippen molar-refractivity contribution in [1.29, 1.82) is 0 Å². The van der Waals surface area contributed by atoms with E-state index in [0.717, 1.165) is 11.3 Å². The van der Waals surface area contributed by atoms with Crippen molar-refractivity contribution in [3.8, 4) is 0 Å². The Labute approximate surface area is 137 Å². The van der Waals surface area contributed by atoms with Crippen LogP contribution in [0.1, 0.15) is 27.8 Å². The number of anilines is 1. The zero-order chi connectivity index (χ0) is 16.1. The van der Waals surface area contributed by atoms with Crippen LogP contribution in [0.25, 0.3) is 0 Å². The third-order valence-corrected chi connectivity index (χ3v) is 3.57. The average Bonchev–Trinajstić information content (AvgIpc) is 2.41. The Hall–Kier alpha value is -2.20. The molecular formula is C18H21N3S. The zero-order valence-corrected chi connectivity index (χ0v) is 14.2. The molecule has 0 aliphatic carbocycles. The average molecular weight is 311 g/mol. The monoisotopic (exact) mass is 311 g/mol. The van der Waals surface area contributed by atoms with Gasteiger partial charge in [0.2, 0.25) is 0 Å². The highest BCUT2D eigenvalue weighted by Crippen LogP contribution is 2.14. The minimum absolute atomic E-state index is 0.476. The van der Waals surface area contributed by atoms with Crippen molar-refractivity contribution >= 4 is 29.2 Å². The molecule has 0 aliphatic rings. The van der Waals surface area contributed by atoms with E-state index in [9.17, 15) is 0 Å². The van der Waals surface area contributed by atoms with Crippen LogP contribution in [0.15, 0.2) is 41.5 Å². The summed E-state index contributed by atoms with van der Waals surface area (Å²) >= 11 is 5.25. The molecule has 0 radical (unpaired) electrons. The molecule has 0 atom stereocenters. The standard InChI is InChI=1S/C18H21N3S/c1-12-6-5-7-16(10-12)20-18(22)21-19-11-17-14(3)8-13(2)9-15(17)4/h5-11H,1-4H3,(H2,20,21,22). The number of nitrogens with zero attached hydrogens (tertiary/aromatic N) is 1. The van der Waals surface area contributed by atoms with Gasteiger partial charge in [0, 0.05) is 11.3 Å². The number of rotatable bonds is 3. The zero-order valence-electron chi connectivity index (χ0n) is 13.4. The number of hydrogen-bond donors (Lipinski definition) is 2. The smallest absolute Gasteiger partial charge is 0.191 e. The van der Waals surface area contributed by atoms with Crippen LogP contribution >= 0.6 is 12.2 Å². The molecule has 0 saturated heterocycles. The predicted molar refractivity (Wildman–Crippen MR) is 98.8 cm³/mol. The SMILES string of the molecule is Cc1cccc(NC(=S)NN=Cc2c(C)cc(C)cc2C)c1. The normalized spacial score (nSPS) is 10.7. The minimum atomic E-state index is 0.476. The Balaban J connectivity index is 1.99. The summed E-state index contributed by atoms with van der Waals surface area (Å²) in [6.07, 6.45) is 1.81. The van der Waals surface area contributed by atoms with Gasteiger partial charge in [-0.15, -0.1) is 0 Å². The summed E-state index contributed by atoms with van der Waals surface area (Å²) in [5.74, 6) is 0. The molecule has 2 aromatic rings. The molecule has 4 heteroatoms. The van der Waals surface area contributed by atoms with Crippen molar-refractivity contribution in [2.24, 2.45) is 5.10 Å². The number of thiocarbonyl (C=S) groups is 1. The second kappa shape index (κ2) is 7.18. The van der Waals surface area contributed by atoms with E-state index < -0.39 is 0 Å². The maximum absolute atomic E-state index is 5.25. The molecular weight excluding hydrogens is 290 g/mol. The van der Waals surface area contributed by atoms with Crippen molar-refractivity contribution in [2.75, 3.05) is 5.32 Å².